The first-order valence-electron chi connectivity index (χ1n) is 6.45. The van der Waals surface area contributed by atoms with Gasteiger partial charge >= 0.3 is 5.69 Å². The highest BCUT2D eigenvalue weighted by molar-refractivity contribution is 9.10. The molecule has 1 N–H and O–H groups in total. The lowest BCUT2D eigenvalue weighted by Gasteiger charge is -2.06. The Labute approximate surface area is 121 Å². The summed E-state index contributed by atoms with van der Waals surface area (Å²) >= 11 is 3.40. The lowest BCUT2D eigenvalue weighted by Crippen LogP contribution is -2.26. The number of nitrogens with one attached hydrogen (secondary N) is 1. The molecular weight excluding hydrogens is 306 g/mol. The fourth-order valence-electron chi connectivity index (χ4n) is 1.92. The highest BCUT2D eigenvalue weighted by Gasteiger charge is 2.01. The molecule has 1 aromatic carbocycles. The number of imidazole rings is 1. The summed E-state index contributed by atoms with van der Waals surface area (Å²) in [5.74, 6) is 0. The largest absolute Gasteiger partial charge is 0.383 e. The van der Waals surface area contributed by atoms with Gasteiger partial charge in [-0.25, -0.2) is 4.79 Å². The normalized spacial score (nSPS) is 10.6. The third-order valence-corrected chi connectivity index (χ3v) is 3.44. The van der Waals surface area contributed by atoms with E-state index < -0.39 is 0 Å². The Morgan fingerprint density at radius 2 is 1.74 bits per heavy atom. The van der Waals surface area contributed by atoms with Gasteiger partial charge in [0.05, 0.1) is 0 Å². The van der Waals surface area contributed by atoms with Crippen LogP contribution in [0.3, 0.4) is 0 Å². The Kier molecular flexibility index (Phi) is 4.85. The van der Waals surface area contributed by atoms with E-state index in [1.165, 1.54) is 0 Å². The van der Waals surface area contributed by atoms with Crippen LogP contribution in [-0.2, 0) is 13.1 Å². The van der Waals surface area contributed by atoms with Crippen LogP contribution < -0.4 is 11.0 Å². The van der Waals surface area contributed by atoms with E-state index in [4.69, 9.17) is 0 Å². The van der Waals surface area contributed by atoms with Crippen molar-refractivity contribution in [2.45, 2.75) is 26.4 Å². The summed E-state index contributed by atoms with van der Waals surface area (Å²) in [6.07, 6.45) is 4.67. The maximum Gasteiger partial charge on any atom is 0.328 e. The van der Waals surface area contributed by atoms with Gasteiger partial charge in [-0.1, -0.05) is 22.9 Å². The van der Waals surface area contributed by atoms with Gasteiger partial charge < -0.3 is 5.32 Å². The predicted molar refractivity (Wildman–Crippen MR) is 81.6 cm³/mol. The molecule has 0 spiro atoms. The summed E-state index contributed by atoms with van der Waals surface area (Å²) in [4.78, 5) is 11.9. The third-order valence-electron chi connectivity index (χ3n) is 2.91. The standard InChI is InChI=1S/C14H18BrN3O/c1-2-8-17-10-11-18(14(17)19)9-7-16-13-5-3-12(15)4-6-13/h3-6,10-11,16H,2,7-9H2,1H3. The molecule has 0 unspecified atom stereocenters. The summed E-state index contributed by atoms with van der Waals surface area (Å²) in [5, 5.41) is 3.30. The van der Waals surface area contributed by atoms with E-state index >= 15 is 0 Å². The van der Waals surface area contributed by atoms with E-state index in [1.54, 1.807) is 9.13 Å². The first-order chi connectivity index (χ1) is 9.20. The van der Waals surface area contributed by atoms with E-state index in [0.717, 1.165) is 29.7 Å². The Morgan fingerprint density at radius 1 is 1.11 bits per heavy atom. The fraction of sp³-hybridized carbons (Fsp3) is 0.357. The molecule has 0 amide bonds. The number of rotatable bonds is 6. The third kappa shape index (κ3) is 3.73. The minimum absolute atomic E-state index is 0.0689. The first kappa shape index (κ1) is 13.9. The van der Waals surface area contributed by atoms with Gasteiger partial charge in [0.1, 0.15) is 0 Å². The van der Waals surface area contributed by atoms with E-state index in [1.807, 2.05) is 36.7 Å². The molecule has 0 atom stereocenters. The van der Waals surface area contributed by atoms with Crippen LogP contribution in [0.5, 0.6) is 0 Å². The van der Waals surface area contributed by atoms with E-state index in [-0.39, 0.29) is 5.69 Å². The van der Waals surface area contributed by atoms with Crippen molar-refractivity contribution in [3.05, 3.63) is 51.6 Å². The molecule has 5 heteroatoms. The summed E-state index contributed by atoms with van der Waals surface area (Å²) in [5.41, 5.74) is 1.13. The van der Waals surface area contributed by atoms with Gasteiger partial charge in [-0.2, -0.15) is 0 Å². The molecule has 0 aliphatic rings. The van der Waals surface area contributed by atoms with Gasteiger partial charge in [0, 0.05) is 42.2 Å². The molecule has 0 aliphatic carbocycles. The van der Waals surface area contributed by atoms with Crippen molar-refractivity contribution in [1.82, 2.24) is 9.13 Å². The van der Waals surface area contributed by atoms with Gasteiger partial charge in [-0.3, -0.25) is 9.13 Å². The van der Waals surface area contributed by atoms with E-state index in [9.17, 15) is 4.79 Å². The summed E-state index contributed by atoms with van der Waals surface area (Å²) in [7, 11) is 0. The first-order valence-corrected chi connectivity index (χ1v) is 7.25. The molecular formula is C14H18BrN3O. The monoisotopic (exact) mass is 323 g/mol. The fourth-order valence-corrected chi connectivity index (χ4v) is 2.19. The molecule has 2 rings (SSSR count). The summed E-state index contributed by atoms with van der Waals surface area (Å²) in [6.45, 7) is 4.26. The molecule has 102 valence electrons. The molecule has 2 aromatic rings. The van der Waals surface area contributed by atoms with Crippen LogP contribution >= 0.6 is 15.9 Å². The Morgan fingerprint density at radius 3 is 2.37 bits per heavy atom. The average molecular weight is 324 g/mol. The average Bonchev–Trinajstić information content (AvgIpc) is 2.75. The van der Waals surface area contributed by atoms with Crippen LogP contribution in [0.1, 0.15) is 13.3 Å². The minimum Gasteiger partial charge on any atom is -0.383 e. The lowest BCUT2D eigenvalue weighted by atomic mass is 10.3. The number of anilines is 1. The van der Waals surface area contributed by atoms with Crippen LogP contribution in [0.2, 0.25) is 0 Å². The smallest absolute Gasteiger partial charge is 0.328 e. The van der Waals surface area contributed by atoms with Crippen LogP contribution in [-0.4, -0.2) is 15.7 Å². The van der Waals surface area contributed by atoms with Crippen molar-refractivity contribution in [2.75, 3.05) is 11.9 Å². The van der Waals surface area contributed by atoms with Crippen LogP contribution in [0.15, 0.2) is 45.9 Å². The number of hydrogen-bond acceptors (Lipinski definition) is 2. The minimum atomic E-state index is 0.0689. The van der Waals surface area contributed by atoms with Crippen molar-refractivity contribution in [3.63, 3.8) is 0 Å². The SMILES string of the molecule is CCCn1ccn(CCNc2ccc(Br)cc2)c1=O. The summed E-state index contributed by atoms with van der Waals surface area (Å²) < 4.78 is 4.55. The zero-order valence-electron chi connectivity index (χ0n) is 11.0. The number of benzene rings is 1. The second-order valence-corrected chi connectivity index (χ2v) is 5.32. The van der Waals surface area contributed by atoms with Gasteiger partial charge in [0.15, 0.2) is 0 Å². The number of aromatic nitrogens is 2. The topological polar surface area (TPSA) is 39.0 Å². The molecule has 0 radical (unpaired) electrons. The van der Waals surface area contributed by atoms with Gasteiger partial charge in [0.25, 0.3) is 0 Å². The molecule has 19 heavy (non-hydrogen) atoms. The van der Waals surface area contributed by atoms with Gasteiger partial charge in [-0.15, -0.1) is 0 Å². The highest BCUT2D eigenvalue weighted by Crippen LogP contribution is 2.13. The Balaban J connectivity index is 1.89. The van der Waals surface area contributed by atoms with Crippen molar-refractivity contribution in [3.8, 4) is 0 Å². The zero-order chi connectivity index (χ0) is 13.7. The highest BCUT2D eigenvalue weighted by atomic mass is 79.9. The molecule has 0 saturated heterocycles. The van der Waals surface area contributed by atoms with Crippen LogP contribution in [0, 0.1) is 0 Å². The van der Waals surface area contributed by atoms with Gasteiger partial charge in [0.2, 0.25) is 0 Å². The van der Waals surface area contributed by atoms with Crippen molar-refractivity contribution < 1.29 is 0 Å². The van der Waals surface area contributed by atoms with Gasteiger partial charge in [-0.05, 0) is 30.7 Å². The quantitative estimate of drug-likeness (QED) is 0.887. The number of aryl methyl sites for hydroxylation is 1. The Bertz CT molecular complexity index is 571. The van der Waals surface area contributed by atoms with Crippen molar-refractivity contribution >= 4 is 21.6 Å². The molecule has 0 bridgehead atoms. The molecule has 0 aliphatic heterocycles. The molecule has 0 saturated carbocycles. The lowest BCUT2D eigenvalue weighted by molar-refractivity contribution is 0.610. The number of halogens is 1. The van der Waals surface area contributed by atoms with Crippen LogP contribution in [0.25, 0.3) is 0 Å². The van der Waals surface area contributed by atoms with E-state index in [2.05, 4.69) is 28.2 Å². The number of hydrogen-bond donors (Lipinski definition) is 1. The predicted octanol–water partition coefficient (Wildman–Crippen LogP) is 2.93. The van der Waals surface area contributed by atoms with Crippen molar-refractivity contribution in [1.29, 1.82) is 0 Å². The maximum atomic E-state index is 11.9. The summed E-state index contributed by atoms with van der Waals surface area (Å²) in [6, 6.07) is 8.00. The molecule has 1 heterocycles. The van der Waals surface area contributed by atoms with E-state index in [0.29, 0.717) is 6.54 Å². The molecule has 0 fully saturated rings. The second-order valence-electron chi connectivity index (χ2n) is 4.40. The number of nitrogens with zero attached hydrogens (tertiary/aromatic N) is 2. The second kappa shape index (κ2) is 6.61. The maximum absolute atomic E-state index is 11.9. The molecule has 1 aromatic heterocycles. The zero-order valence-corrected chi connectivity index (χ0v) is 12.6. The Hall–Kier alpha value is -1.49. The van der Waals surface area contributed by atoms with Crippen LogP contribution in [0.4, 0.5) is 5.69 Å². The van der Waals surface area contributed by atoms with Crippen molar-refractivity contribution in [2.24, 2.45) is 0 Å². The molecule has 4 nitrogen and oxygen atoms in total.